The van der Waals surface area contributed by atoms with Gasteiger partial charge >= 0.3 is 5.97 Å². The molecule has 0 unspecified atom stereocenters. The first kappa shape index (κ1) is 19.5. The average molecular weight is 400 g/mol. The SMILES string of the molecule is Cc1ccc(-c2nnn(CC(=O)O[C@@H](C)C(=O)Nc3cccc(Cl)c3)n2)cc1. The van der Waals surface area contributed by atoms with Crippen molar-refractivity contribution in [3.8, 4) is 11.4 Å². The molecule has 1 heterocycles. The number of hydrogen-bond donors (Lipinski definition) is 1. The summed E-state index contributed by atoms with van der Waals surface area (Å²) < 4.78 is 5.14. The Labute approximate surface area is 166 Å². The van der Waals surface area contributed by atoms with Crippen molar-refractivity contribution in [3.05, 3.63) is 59.1 Å². The van der Waals surface area contributed by atoms with Gasteiger partial charge in [0.05, 0.1) is 0 Å². The lowest BCUT2D eigenvalue weighted by Gasteiger charge is -2.13. The Kier molecular flexibility index (Phi) is 6.00. The maximum atomic E-state index is 12.1. The summed E-state index contributed by atoms with van der Waals surface area (Å²) in [6.07, 6.45) is -0.994. The zero-order valence-electron chi connectivity index (χ0n) is 15.3. The van der Waals surface area contributed by atoms with Crippen LogP contribution in [-0.4, -0.2) is 38.2 Å². The molecule has 144 valence electrons. The molecule has 1 N–H and O–H groups in total. The molecule has 1 atom stereocenters. The molecular weight excluding hydrogens is 382 g/mol. The fourth-order valence-electron chi connectivity index (χ4n) is 2.34. The van der Waals surface area contributed by atoms with Gasteiger partial charge in [-0.3, -0.25) is 4.79 Å². The number of halogens is 1. The number of aryl methyl sites for hydroxylation is 1. The lowest BCUT2D eigenvalue weighted by atomic mass is 10.1. The highest BCUT2D eigenvalue weighted by molar-refractivity contribution is 6.30. The minimum atomic E-state index is -0.994. The number of nitrogens with zero attached hydrogens (tertiary/aromatic N) is 4. The zero-order chi connectivity index (χ0) is 20.1. The molecule has 0 spiro atoms. The summed E-state index contributed by atoms with van der Waals surface area (Å²) in [5, 5.41) is 15.1. The zero-order valence-corrected chi connectivity index (χ0v) is 16.1. The van der Waals surface area contributed by atoms with E-state index in [9.17, 15) is 9.59 Å². The third kappa shape index (κ3) is 5.14. The Morgan fingerprint density at radius 2 is 1.96 bits per heavy atom. The highest BCUT2D eigenvalue weighted by Crippen LogP contribution is 2.16. The highest BCUT2D eigenvalue weighted by Gasteiger charge is 2.19. The number of carbonyl (C=O) groups is 2. The Hall–Kier alpha value is -3.26. The number of ether oxygens (including phenoxy) is 1. The van der Waals surface area contributed by atoms with E-state index in [-0.39, 0.29) is 6.54 Å². The van der Waals surface area contributed by atoms with E-state index in [1.165, 1.54) is 6.92 Å². The monoisotopic (exact) mass is 399 g/mol. The van der Waals surface area contributed by atoms with Gasteiger partial charge in [-0.1, -0.05) is 47.5 Å². The van der Waals surface area contributed by atoms with Gasteiger partial charge in [-0.05, 0) is 37.3 Å². The molecule has 1 aromatic heterocycles. The van der Waals surface area contributed by atoms with Gasteiger partial charge in [0, 0.05) is 16.3 Å². The van der Waals surface area contributed by atoms with E-state index < -0.39 is 18.0 Å². The lowest BCUT2D eigenvalue weighted by molar-refractivity contribution is -0.154. The summed E-state index contributed by atoms with van der Waals surface area (Å²) in [6, 6.07) is 14.3. The number of benzene rings is 2. The normalized spacial score (nSPS) is 11.7. The molecule has 2 aromatic carbocycles. The third-order valence-corrected chi connectivity index (χ3v) is 4.04. The van der Waals surface area contributed by atoms with Crippen molar-refractivity contribution in [3.63, 3.8) is 0 Å². The predicted octanol–water partition coefficient (Wildman–Crippen LogP) is 2.87. The summed E-state index contributed by atoms with van der Waals surface area (Å²) in [7, 11) is 0. The molecule has 0 saturated heterocycles. The molecular formula is C19H18ClN5O3. The van der Waals surface area contributed by atoms with Crippen molar-refractivity contribution in [2.45, 2.75) is 26.5 Å². The number of nitrogens with one attached hydrogen (secondary N) is 1. The van der Waals surface area contributed by atoms with E-state index in [0.717, 1.165) is 15.9 Å². The molecule has 3 rings (SSSR count). The Morgan fingerprint density at radius 1 is 1.21 bits per heavy atom. The van der Waals surface area contributed by atoms with E-state index >= 15 is 0 Å². The second kappa shape index (κ2) is 8.62. The molecule has 9 heteroatoms. The van der Waals surface area contributed by atoms with Gasteiger partial charge in [0.15, 0.2) is 12.6 Å². The molecule has 0 fully saturated rings. The van der Waals surface area contributed by atoms with E-state index in [0.29, 0.717) is 16.5 Å². The van der Waals surface area contributed by atoms with Crippen LogP contribution in [0.5, 0.6) is 0 Å². The van der Waals surface area contributed by atoms with Crippen molar-refractivity contribution in [2.24, 2.45) is 0 Å². The largest absolute Gasteiger partial charge is 0.451 e. The Bertz CT molecular complexity index is 987. The van der Waals surface area contributed by atoms with Crippen LogP contribution < -0.4 is 5.32 Å². The number of rotatable bonds is 6. The van der Waals surface area contributed by atoms with Crippen LogP contribution in [-0.2, 0) is 20.9 Å². The van der Waals surface area contributed by atoms with E-state index in [1.807, 2.05) is 31.2 Å². The van der Waals surface area contributed by atoms with Crippen molar-refractivity contribution >= 4 is 29.2 Å². The summed E-state index contributed by atoms with van der Waals surface area (Å²) in [6.45, 7) is 3.20. The number of hydrogen-bond acceptors (Lipinski definition) is 6. The number of carbonyl (C=O) groups excluding carboxylic acids is 2. The van der Waals surface area contributed by atoms with Crippen LogP contribution in [0.25, 0.3) is 11.4 Å². The van der Waals surface area contributed by atoms with Crippen molar-refractivity contribution < 1.29 is 14.3 Å². The topological polar surface area (TPSA) is 99.0 Å². The molecule has 8 nitrogen and oxygen atoms in total. The average Bonchev–Trinajstić information content (AvgIpc) is 3.10. The van der Waals surface area contributed by atoms with Crippen molar-refractivity contribution in [1.29, 1.82) is 0 Å². The molecule has 0 radical (unpaired) electrons. The van der Waals surface area contributed by atoms with Crippen LogP contribution in [0.2, 0.25) is 5.02 Å². The predicted molar refractivity (Wildman–Crippen MR) is 104 cm³/mol. The van der Waals surface area contributed by atoms with Gasteiger partial charge < -0.3 is 10.1 Å². The van der Waals surface area contributed by atoms with Crippen LogP contribution in [0.3, 0.4) is 0 Å². The van der Waals surface area contributed by atoms with Gasteiger partial charge in [-0.15, -0.1) is 10.2 Å². The number of anilines is 1. The third-order valence-electron chi connectivity index (χ3n) is 3.80. The summed E-state index contributed by atoms with van der Waals surface area (Å²) >= 11 is 5.88. The molecule has 0 aliphatic rings. The molecule has 0 aliphatic heterocycles. The van der Waals surface area contributed by atoms with Gasteiger partial charge in [0.1, 0.15) is 0 Å². The van der Waals surface area contributed by atoms with E-state index in [1.54, 1.807) is 24.3 Å². The summed E-state index contributed by atoms with van der Waals surface area (Å²) in [4.78, 5) is 25.3. The minimum Gasteiger partial charge on any atom is -0.451 e. The Balaban J connectivity index is 1.55. The second-order valence-corrected chi connectivity index (χ2v) is 6.58. The fraction of sp³-hybridized carbons (Fsp3) is 0.211. The van der Waals surface area contributed by atoms with Gasteiger partial charge in [0.2, 0.25) is 5.82 Å². The van der Waals surface area contributed by atoms with E-state index in [4.69, 9.17) is 16.3 Å². The highest BCUT2D eigenvalue weighted by atomic mass is 35.5. The van der Waals surface area contributed by atoms with Crippen LogP contribution in [0.4, 0.5) is 5.69 Å². The van der Waals surface area contributed by atoms with Crippen LogP contribution in [0.15, 0.2) is 48.5 Å². The van der Waals surface area contributed by atoms with Gasteiger partial charge in [-0.25, -0.2) is 4.79 Å². The number of aromatic nitrogens is 4. The minimum absolute atomic E-state index is 0.256. The fourth-order valence-corrected chi connectivity index (χ4v) is 2.53. The first-order valence-corrected chi connectivity index (χ1v) is 8.89. The maximum Gasteiger partial charge on any atom is 0.330 e. The maximum absolute atomic E-state index is 12.1. The quantitative estimate of drug-likeness (QED) is 0.640. The summed E-state index contributed by atoms with van der Waals surface area (Å²) in [5.41, 5.74) is 2.42. The molecule has 3 aromatic rings. The van der Waals surface area contributed by atoms with Crippen molar-refractivity contribution in [1.82, 2.24) is 20.2 Å². The number of amides is 1. The summed E-state index contributed by atoms with van der Waals surface area (Å²) in [5.74, 6) is -0.719. The number of tetrazole rings is 1. The first-order valence-electron chi connectivity index (χ1n) is 8.51. The second-order valence-electron chi connectivity index (χ2n) is 6.14. The van der Waals surface area contributed by atoms with Crippen LogP contribution >= 0.6 is 11.6 Å². The smallest absolute Gasteiger partial charge is 0.330 e. The van der Waals surface area contributed by atoms with E-state index in [2.05, 4.69) is 20.7 Å². The lowest BCUT2D eigenvalue weighted by Crippen LogP contribution is -2.31. The van der Waals surface area contributed by atoms with Crippen molar-refractivity contribution in [2.75, 3.05) is 5.32 Å². The first-order chi connectivity index (χ1) is 13.4. The van der Waals surface area contributed by atoms with Gasteiger partial charge in [-0.2, -0.15) is 4.80 Å². The standard InChI is InChI=1S/C19H18ClN5O3/c1-12-6-8-14(9-7-12)18-22-24-25(23-18)11-17(26)28-13(2)19(27)21-16-5-3-4-15(20)10-16/h3-10,13H,11H2,1-2H3,(H,21,27)/t13-/m0/s1. The molecule has 0 bridgehead atoms. The molecule has 0 aliphatic carbocycles. The molecule has 1 amide bonds. The molecule has 28 heavy (non-hydrogen) atoms. The van der Waals surface area contributed by atoms with Crippen LogP contribution in [0.1, 0.15) is 12.5 Å². The van der Waals surface area contributed by atoms with Crippen LogP contribution in [0, 0.1) is 6.92 Å². The number of esters is 1. The molecule has 0 saturated carbocycles. The Morgan fingerprint density at radius 3 is 2.68 bits per heavy atom. The van der Waals surface area contributed by atoms with Gasteiger partial charge in [0.25, 0.3) is 5.91 Å².